The number of benzene rings is 2. The maximum atomic E-state index is 13.3. The molecule has 142 valence electrons. The van der Waals surface area contributed by atoms with Gasteiger partial charge in [0.25, 0.3) is 0 Å². The highest BCUT2D eigenvalue weighted by Crippen LogP contribution is 2.53. The lowest BCUT2D eigenvalue weighted by molar-refractivity contribution is -0.139. The molecule has 4 rings (SSSR count). The third-order valence-electron chi connectivity index (χ3n) is 5.31. The van der Waals surface area contributed by atoms with Crippen LogP contribution in [0.1, 0.15) is 30.0 Å². The molecular weight excluding hydrogens is 376 g/mol. The summed E-state index contributed by atoms with van der Waals surface area (Å²) in [5.74, 6) is -0.433. The summed E-state index contributed by atoms with van der Waals surface area (Å²) in [6, 6.07) is 15.8. The second-order valence-electron chi connectivity index (χ2n) is 6.71. The van der Waals surface area contributed by atoms with Gasteiger partial charge in [-0.05, 0) is 36.2 Å². The van der Waals surface area contributed by atoms with Crippen molar-refractivity contribution in [1.82, 2.24) is 4.31 Å². The number of hydrogen-bond donors (Lipinski definition) is 0. The number of nitrogens with zero attached hydrogens (tertiary/aromatic N) is 2. The zero-order chi connectivity index (χ0) is 19.9. The van der Waals surface area contributed by atoms with Crippen molar-refractivity contribution in [2.45, 2.75) is 23.8 Å². The molecule has 28 heavy (non-hydrogen) atoms. The van der Waals surface area contributed by atoms with Crippen LogP contribution < -0.4 is 0 Å². The van der Waals surface area contributed by atoms with Crippen molar-refractivity contribution < 1.29 is 17.9 Å². The summed E-state index contributed by atoms with van der Waals surface area (Å²) in [5.41, 5.74) is 1.25. The van der Waals surface area contributed by atoms with Crippen LogP contribution in [-0.2, 0) is 25.1 Å². The van der Waals surface area contributed by atoms with Crippen molar-refractivity contribution in [1.29, 1.82) is 5.26 Å². The van der Waals surface area contributed by atoms with Gasteiger partial charge in [0.05, 0.1) is 28.7 Å². The second kappa shape index (κ2) is 6.59. The number of fused-ring (bicyclic) bond motifs is 3. The molecule has 0 saturated carbocycles. The van der Waals surface area contributed by atoms with E-state index in [0.29, 0.717) is 16.7 Å². The summed E-state index contributed by atoms with van der Waals surface area (Å²) in [6.07, 6.45) is 1.80. The normalized spacial score (nSPS) is 22.5. The zero-order valence-corrected chi connectivity index (χ0v) is 16.1. The Kier molecular flexibility index (Phi) is 4.33. The third kappa shape index (κ3) is 2.49. The maximum absolute atomic E-state index is 13.3. The number of ether oxygens (including phenoxy) is 1. The topological polar surface area (TPSA) is 87.5 Å². The van der Waals surface area contributed by atoms with E-state index in [-0.39, 0.29) is 24.5 Å². The quantitative estimate of drug-likeness (QED) is 0.747. The Morgan fingerprint density at radius 3 is 2.61 bits per heavy atom. The molecule has 2 aliphatic heterocycles. The van der Waals surface area contributed by atoms with E-state index in [1.54, 1.807) is 61.5 Å². The first-order chi connectivity index (χ1) is 13.4. The number of carbonyl (C=O) groups excluding carboxylic acids is 1. The summed E-state index contributed by atoms with van der Waals surface area (Å²) in [6.45, 7) is 2.06. The van der Waals surface area contributed by atoms with E-state index in [2.05, 4.69) is 6.07 Å². The zero-order valence-electron chi connectivity index (χ0n) is 15.3. The van der Waals surface area contributed by atoms with Crippen LogP contribution in [0.15, 0.2) is 65.1 Å². The van der Waals surface area contributed by atoms with E-state index in [1.165, 1.54) is 4.31 Å². The number of hydrogen-bond acceptors (Lipinski definition) is 5. The van der Waals surface area contributed by atoms with Crippen molar-refractivity contribution in [3.8, 4) is 6.07 Å². The highest BCUT2D eigenvalue weighted by Gasteiger charge is 2.56. The van der Waals surface area contributed by atoms with Crippen molar-refractivity contribution >= 4 is 16.0 Å². The fourth-order valence-electron chi connectivity index (χ4n) is 4.07. The molecular formula is C21H18N2O4S. The van der Waals surface area contributed by atoms with Gasteiger partial charge in [0.2, 0.25) is 10.0 Å². The number of carbonyl (C=O) groups is 1. The summed E-state index contributed by atoms with van der Waals surface area (Å²) >= 11 is 0. The summed E-state index contributed by atoms with van der Waals surface area (Å²) in [5, 5.41) is 9.11. The van der Waals surface area contributed by atoms with Gasteiger partial charge in [-0.15, -0.1) is 0 Å². The van der Waals surface area contributed by atoms with E-state index >= 15 is 0 Å². The van der Waals surface area contributed by atoms with E-state index in [9.17, 15) is 13.2 Å². The molecule has 0 spiro atoms. The fourth-order valence-corrected chi connectivity index (χ4v) is 6.02. The molecule has 7 heteroatoms. The SMILES string of the molecule is CCOC(=O)C1=CCN2C(c3ccc(C#N)cc3)(C1)c1ccccc1S2(=O)=O. The molecule has 0 radical (unpaired) electrons. The van der Waals surface area contributed by atoms with Gasteiger partial charge in [-0.2, -0.15) is 9.57 Å². The van der Waals surface area contributed by atoms with Crippen LogP contribution in [0.3, 0.4) is 0 Å². The lowest BCUT2D eigenvalue weighted by Gasteiger charge is -2.41. The van der Waals surface area contributed by atoms with Gasteiger partial charge in [-0.3, -0.25) is 0 Å². The molecule has 0 saturated heterocycles. The van der Waals surface area contributed by atoms with Crippen LogP contribution in [0.25, 0.3) is 0 Å². The molecule has 2 aromatic carbocycles. The molecule has 0 aliphatic carbocycles. The first-order valence-electron chi connectivity index (χ1n) is 8.94. The van der Waals surface area contributed by atoms with E-state index < -0.39 is 21.5 Å². The van der Waals surface area contributed by atoms with Gasteiger partial charge < -0.3 is 4.74 Å². The Labute approximate surface area is 163 Å². The van der Waals surface area contributed by atoms with E-state index in [0.717, 1.165) is 5.56 Å². The Hall–Kier alpha value is -2.95. The van der Waals surface area contributed by atoms with Crippen molar-refractivity contribution in [3.05, 3.63) is 76.9 Å². The number of sulfonamides is 1. The monoisotopic (exact) mass is 394 g/mol. The van der Waals surface area contributed by atoms with Gasteiger partial charge in [-0.25, -0.2) is 13.2 Å². The molecule has 0 bridgehead atoms. The molecule has 6 nitrogen and oxygen atoms in total. The number of esters is 1. The van der Waals surface area contributed by atoms with Crippen molar-refractivity contribution in [2.75, 3.05) is 13.2 Å². The van der Waals surface area contributed by atoms with Crippen molar-refractivity contribution in [3.63, 3.8) is 0 Å². The molecule has 1 atom stereocenters. The van der Waals surface area contributed by atoms with Crippen LogP contribution >= 0.6 is 0 Å². The highest BCUT2D eigenvalue weighted by molar-refractivity contribution is 7.89. The molecule has 0 amide bonds. The predicted octanol–water partition coefficient (Wildman–Crippen LogP) is 2.70. The van der Waals surface area contributed by atoms with Gasteiger partial charge in [-0.1, -0.05) is 36.4 Å². The smallest absolute Gasteiger partial charge is 0.333 e. The average molecular weight is 394 g/mol. The minimum atomic E-state index is -3.72. The largest absolute Gasteiger partial charge is 0.463 e. The fraction of sp³-hybridized carbons (Fsp3) is 0.238. The highest BCUT2D eigenvalue weighted by atomic mass is 32.2. The summed E-state index contributed by atoms with van der Waals surface area (Å²) < 4.78 is 33.1. The van der Waals surface area contributed by atoms with Crippen LogP contribution in [0.4, 0.5) is 0 Å². The Morgan fingerprint density at radius 2 is 1.93 bits per heavy atom. The van der Waals surface area contributed by atoms with Crippen LogP contribution in [0.5, 0.6) is 0 Å². The van der Waals surface area contributed by atoms with Crippen molar-refractivity contribution in [2.24, 2.45) is 0 Å². The molecule has 2 heterocycles. The Balaban J connectivity index is 1.96. The summed E-state index contributed by atoms with van der Waals surface area (Å²) in [4.78, 5) is 12.7. The van der Waals surface area contributed by atoms with Crippen LogP contribution in [-0.4, -0.2) is 31.8 Å². The van der Waals surface area contributed by atoms with Crippen LogP contribution in [0, 0.1) is 11.3 Å². The maximum Gasteiger partial charge on any atom is 0.333 e. The minimum Gasteiger partial charge on any atom is -0.463 e. The average Bonchev–Trinajstić information content (AvgIpc) is 2.93. The first-order valence-corrected chi connectivity index (χ1v) is 10.4. The molecule has 1 unspecified atom stereocenters. The Morgan fingerprint density at radius 1 is 1.21 bits per heavy atom. The molecule has 0 fully saturated rings. The van der Waals surface area contributed by atoms with E-state index in [1.807, 2.05) is 0 Å². The van der Waals surface area contributed by atoms with Crippen LogP contribution in [0.2, 0.25) is 0 Å². The number of nitriles is 1. The second-order valence-corrected chi connectivity index (χ2v) is 8.54. The van der Waals surface area contributed by atoms with E-state index in [4.69, 9.17) is 10.00 Å². The lowest BCUT2D eigenvalue weighted by Crippen LogP contribution is -2.48. The van der Waals surface area contributed by atoms with Gasteiger partial charge in [0, 0.05) is 18.5 Å². The standard InChI is InChI=1S/C21H18N2O4S/c1-2-27-20(24)16-11-12-23-21(13-16,17-9-7-15(14-22)8-10-17)18-5-3-4-6-19(18)28(23,25)26/h3-11H,2,12-13H2,1H3. The summed E-state index contributed by atoms with van der Waals surface area (Å²) in [7, 11) is -3.72. The Bertz CT molecular complexity index is 1130. The van der Waals surface area contributed by atoms with Gasteiger partial charge >= 0.3 is 5.97 Å². The minimum absolute atomic E-state index is 0.0746. The predicted molar refractivity (Wildman–Crippen MR) is 102 cm³/mol. The third-order valence-corrected chi connectivity index (χ3v) is 7.26. The molecule has 0 N–H and O–H groups in total. The number of rotatable bonds is 3. The first kappa shape index (κ1) is 18.4. The molecule has 2 aromatic rings. The van der Waals surface area contributed by atoms with Gasteiger partial charge in [0.15, 0.2) is 0 Å². The molecule has 0 aromatic heterocycles. The van der Waals surface area contributed by atoms with Gasteiger partial charge in [0.1, 0.15) is 0 Å². The lowest BCUT2D eigenvalue weighted by atomic mass is 9.76. The molecule has 2 aliphatic rings.